The van der Waals surface area contributed by atoms with E-state index in [0.29, 0.717) is 16.7 Å². The molecule has 0 bridgehead atoms. The lowest BCUT2D eigenvalue weighted by atomic mass is 9.84. The van der Waals surface area contributed by atoms with Crippen molar-refractivity contribution >= 4 is 10.1 Å². The van der Waals surface area contributed by atoms with Crippen LogP contribution in [0.5, 0.6) is 0 Å². The standard InChI is InChI=1S/C19H16O3S/c20-23(21,22)19(16-10-4-1-5-11-16,17-12-6-2-7-13-17)18-14-8-3-9-15-18/h1-15H,(H,20,21,22)/p-1. The highest BCUT2D eigenvalue weighted by Crippen LogP contribution is 2.43. The summed E-state index contributed by atoms with van der Waals surface area (Å²) in [6.07, 6.45) is 0. The van der Waals surface area contributed by atoms with Crippen molar-refractivity contribution < 1.29 is 13.0 Å². The van der Waals surface area contributed by atoms with E-state index in [0.717, 1.165) is 0 Å². The van der Waals surface area contributed by atoms with Gasteiger partial charge in [-0.15, -0.1) is 0 Å². The minimum Gasteiger partial charge on any atom is -0.747 e. The molecule has 0 radical (unpaired) electrons. The highest BCUT2D eigenvalue weighted by molar-refractivity contribution is 7.87. The highest BCUT2D eigenvalue weighted by atomic mass is 32.2. The summed E-state index contributed by atoms with van der Waals surface area (Å²) in [4.78, 5) is 0. The van der Waals surface area contributed by atoms with Gasteiger partial charge in [-0.2, -0.15) is 0 Å². The Kier molecular flexibility index (Phi) is 4.03. The Hall–Kier alpha value is -2.43. The molecule has 116 valence electrons. The lowest BCUT2D eigenvalue weighted by Crippen LogP contribution is -2.38. The first kappa shape index (κ1) is 15.5. The topological polar surface area (TPSA) is 57.2 Å². The summed E-state index contributed by atoms with van der Waals surface area (Å²) in [6, 6.07) is 25.9. The number of hydrogen-bond acceptors (Lipinski definition) is 3. The molecular formula is C19H15O3S-. The third kappa shape index (κ3) is 2.56. The van der Waals surface area contributed by atoms with Crippen LogP contribution in [-0.2, 0) is 14.9 Å². The molecule has 3 rings (SSSR count). The van der Waals surface area contributed by atoms with Crippen LogP contribution >= 0.6 is 0 Å². The fourth-order valence-electron chi connectivity index (χ4n) is 2.95. The largest absolute Gasteiger partial charge is 0.747 e. The Morgan fingerprint density at radius 2 is 0.826 bits per heavy atom. The molecule has 0 heterocycles. The second kappa shape index (κ2) is 5.99. The predicted octanol–water partition coefficient (Wildman–Crippen LogP) is 3.52. The summed E-state index contributed by atoms with van der Waals surface area (Å²) in [6.45, 7) is 0. The van der Waals surface area contributed by atoms with Gasteiger partial charge in [0, 0.05) is 0 Å². The maximum absolute atomic E-state index is 12.5. The summed E-state index contributed by atoms with van der Waals surface area (Å²) in [7, 11) is -4.74. The van der Waals surface area contributed by atoms with Crippen molar-refractivity contribution in [2.24, 2.45) is 0 Å². The van der Waals surface area contributed by atoms with Crippen LogP contribution in [0.2, 0.25) is 0 Å². The van der Waals surface area contributed by atoms with E-state index in [-0.39, 0.29) is 0 Å². The van der Waals surface area contributed by atoms with Crippen LogP contribution in [0.1, 0.15) is 16.7 Å². The molecule has 0 aliphatic carbocycles. The quantitative estimate of drug-likeness (QED) is 0.545. The summed E-state index contributed by atoms with van der Waals surface area (Å²) < 4.78 is 35.7. The van der Waals surface area contributed by atoms with Crippen molar-refractivity contribution in [2.45, 2.75) is 4.75 Å². The zero-order chi connectivity index (χ0) is 16.3. The van der Waals surface area contributed by atoms with Crippen LogP contribution in [0.15, 0.2) is 91.0 Å². The third-order valence-corrected chi connectivity index (χ3v) is 5.37. The van der Waals surface area contributed by atoms with Crippen LogP contribution in [0.3, 0.4) is 0 Å². The molecule has 0 aliphatic rings. The fraction of sp³-hybridized carbons (Fsp3) is 0.0526. The van der Waals surface area contributed by atoms with Crippen LogP contribution in [-0.4, -0.2) is 13.0 Å². The first-order valence-electron chi connectivity index (χ1n) is 7.19. The summed E-state index contributed by atoms with van der Waals surface area (Å²) in [5.41, 5.74) is 1.31. The Bertz CT molecular complexity index is 777. The van der Waals surface area contributed by atoms with E-state index in [9.17, 15) is 13.0 Å². The van der Waals surface area contributed by atoms with E-state index in [2.05, 4.69) is 0 Å². The van der Waals surface area contributed by atoms with Gasteiger partial charge in [0.15, 0.2) is 0 Å². The normalized spacial score (nSPS) is 12.0. The Balaban J connectivity index is 2.46. The van der Waals surface area contributed by atoms with Crippen molar-refractivity contribution in [3.8, 4) is 0 Å². The molecular weight excluding hydrogens is 308 g/mol. The van der Waals surface area contributed by atoms with Crippen LogP contribution in [0.25, 0.3) is 0 Å². The van der Waals surface area contributed by atoms with Gasteiger partial charge in [-0.3, -0.25) is 0 Å². The maximum Gasteiger partial charge on any atom is 0.135 e. The van der Waals surface area contributed by atoms with Gasteiger partial charge in [-0.1, -0.05) is 91.0 Å². The van der Waals surface area contributed by atoms with Crippen molar-refractivity contribution in [1.82, 2.24) is 0 Å². The van der Waals surface area contributed by atoms with Crippen molar-refractivity contribution in [1.29, 1.82) is 0 Å². The van der Waals surface area contributed by atoms with Gasteiger partial charge in [-0.25, -0.2) is 8.42 Å². The zero-order valence-corrected chi connectivity index (χ0v) is 13.1. The molecule has 0 amide bonds. The molecule has 23 heavy (non-hydrogen) atoms. The molecule has 0 saturated carbocycles. The zero-order valence-electron chi connectivity index (χ0n) is 12.3. The molecule has 3 aromatic rings. The molecule has 0 N–H and O–H groups in total. The number of benzene rings is 3. The van der Waals surface area contributed by atoms with Crippen molar-refractivity contribution in [3.05, 3.63) is 108 Å². The van der Waals surface area contributed by atoms with Crippen LogP contribution in [0.4, 0.5) is 0 Å². The van der Waals surface area contributed by atoms with E-state index in [1.807, 2.05) is 0 Å². The van der Waals surface area contributed by atoms with Gasteiger partial charge < -0.3 is 4.55 Å². The number of rotatable bonds is 4. The Morgan fingerprint density at radius 3 is 1.04 bits per heavy atom. The van der Waals surface area contributed by atoms with Gasteiger partial charge in [0.1, 0.15) is 14.9 Å². The third-order valence-electron chi connectivity index (χ3n) is 3.92. The van der Waals surface area contributed by atoms with Gasteiger partial charge >= 0.3 is 0 Å². The SMILES string of the molecule is O=S(=O)([O-])C(c1ccccc1)(c1ccccc1)c1ccccc1. The molecule has 0 aromatic heterocycles. The van der Waals surface area contributed by atoms with E-state index in [1.54, 1.807) is 91.0 Å². The van der Waals surface area contributed by atoms with Gasteiger partial charge in [0.25, 0.3) is 0 Å². The lowest BCUT2D eigenvalue weighted by Gasteiger charge is -2.37. The van der Waals surface area contributed by atoms with E-state index in [4.69, 9.17) is 0 Å². The van der Waals surface area contributed by atoms with Gasteiger partial charge in [0.05, 0.1) is 0 Å². The Labute approximate surface area is 136 Å². The summed E-state index contributed by atoms with van der Waals surface area (Å²) in [5.74, 6) is 0. The molecule has 0 fully saturated rings. The summed E-state index contributed by atoms with van der Waals surface area (Å²) >= 11 is 0. The molecule has 0 aliphatic heterocycles. The van der Waals surface area contributed by atoms with Crippen LogP contribution in [0, 0.1) is 0 Å². The molecule has 0 unspecified atom stereocenters. The maximum atomic E-state index is 12.5. The van der Waals surface area contributed by atoms with Crippen LogP contribution < -0.4 is 0 Å². The second-order valence-electron chi connectivity index (χ2n) is 5.23. The lowest BCUT2D eigenvalue weighted by molar-refractivity contribution is 0.440. The van der Waals surface area contributed by atoms with E-state index >= 15 is 0 Å². The van der Waals surface area contributed by atoms with Crippen molar-refractivity contribution in [2.75, 3.05) is 0 Å². The average molecular weight is 323 g/mol. The van der Waals surface area contributed by atoms with E-state index in [1.165, 1.54) is 0 Å². The predicted molar refractivity (Wildman–Crippen MR) is 88.9 cm³/mol. The highest BCUT2D eigenvalue weighted by Gasteiger charge is 2.42. The number of hydrogen-bond donors (Lipinski definition) is 0. The first-order valence-corrected chi connectivity index (χ1v) is 8.59. The Morgan fingerprint density at radius 1 is 0.565 bits per heavy atom. The monoisotopic (exact) mass is 323 g/mol. The van der Waals surface area contributed by atoms with E-state index < -0.39 is 14.9 Å². The minimum absolute atomic E-state index is 0.437. The van der Waals surface area contributed by atoms with Gasteiger partial charge in [0.2, 0.25) is 0 Å². The smallest absolute Gasteiger partial charge is 0.135 e. The average Bonchev–Trinajstić information content (AvgIpc) is 2.57. The first-order chi connectivity index (χ1) is 11.1. The molecule has 0 saturated heterocycles. The minimum atomic E-state index is -4.74. The van der Waals surface area contributed by atoms with Crippen molar-refractivity contribution in [3.63, 3.8) is 0 Å². The molecule has 3 nitrogen and oxygen atoms in total. The second-order valence-corrected chi connectivity index (χ2v) is 6.75. The fourth-order valence-corrected chi connectivity index (χ4v) is 4.23. The van der Waals surface area contributed by atoms with Gasteiger partial charge in [-0.05, 0) is 16.7 Å². The molecule has 3 aromatic carbocycles. The summed E-state index contributed by atoms with van der Waals surface area (Å²) in [5, 5.41) is 0. The molecule has 4 heteroatoms. The molecule has 0 spiro atoms. The molecule has 0 atom stereocenters.